The highest BCUT2D eigenvalue weighted by atomic mass is 35.5. The number of anilines is 1. The second-order valence-corrected chi connectivity index (χ2v) is 3.81. The van der Waals surface area contributed by atoms with Crippen molar-refractivity contribution in [2.24, 2.45) is 0 Å². The molecule has 1 heterocycles. The Morgan fingerprint density at radius 2 is 1.89 bits per heavy atom. The first-order valence-electron chi connectivity index (χ1n) is 4.94. The molecule has 3 nitrogen and oxygen atoms in total. The molecule has 1 amide bonds. The van der Waals surface area contributed by atoms with Crippen LogP contribution in [-0.4, -0.2) is 10.9 Å². The van der Waals surface area contributed by atoms with Crippen molar-refractivity contribution < 1.29 is 13.6 Å². The summed E-state index contributed by atoms with van der Waals surface area (Å²) in [5, 5.41) is 2.27. The molecule has 1 aromatic carbocycles. The van der Waals surface area contributed by atoms with Crippen molar-refractivity contribution >= 4 is 23.2 Å². The van der Waals surface area contributed by atoms with E-state index in [1.807, 2.05) is 0 Å². The third-order valence-electron chi connectivity index (χ3n) is 2.21. The molecule has 1 N–H and O–H groups in total. The van der Waals surface area contributed by atoms with Gasteiger partial charge in [0.25, 0.3) is 5.91 Å². The first kappa shape index (κ1) is 12.4. The summed E-state index contributed by atoms with van der Waals surface area (Å²) in [6.07, 6.45) is 2.62. The van der Waals surface area contributed by atoms with Crippen molar-refractivity contribution in [2.75, 3.05) is 5.32 Å². The van der Waals surface area contributed by atoms with Gasteiger partial charge < -0.3 is 5.32 Å². The third-order valence-corrected chi connectivity index (χ3v) is 2.54. The van der Waals surface area contributed by atoms with Crippen LogP contribution < -0.4 is 5.32 Å². The highest BCUT2D eigenvalue weighted by Crippen LogP contribution is 2.20. The minimum atomic E-state index is -0.858. The van der Waals surface area contributed by atoms with Gasteiger partial charge in [-0.2, -0.15) is 0 Å². The van der Waals surface area contributed by atoms with E-state index in [1.165, 1.54) is 24.5 Å². The van der Waals surface area contributed by atoms with E-state index in [0.29, 0.717) is 0 Å². The van der Waals surface area contributed by atoms with Gasteiger partial charge in [0.15, 0.2) is 0 Å². The third kappa shape index (κ3) is 2.46. The Kier molecular flexibility index (Phi) is 3.53. The number of aromatic nitrogens is 1. The molecule has 18 heavy (non-hydrogen) atoms. The molecule has 0 aliphatic heterocycles. The van der Waals surface area contributed by atoms with Crippen molar-refractivity contribution in [1.29, 1.82) is 0 Å². The van der Waals surface area contributed by atoms with Gasteiger partial charge in [-0.05, 0) is 18.2 Å². The number of hydrogen-bond acceptors (Lipinski definition) is 2. The Labute approximate surface area is 106 Å². The molecule has 0 radical (unpaired) electrons. The smallest absolute Gasteiger partial charge is 0.258 e. The molecule has 2 aromatic rings. The lowest BCUT2D eigenvalue weighted by Gasteiger charge is -2.07. The van der Waals surface area contributed by atoms with E-state index in [1.54, 1.807) is 0 Å². The minimum absolute atomic E-state index is 0.0434. The Morgan fingerprint density at radius 3 is 2.50 bits per heavy atom. The Bertz CT molecular complexity index is 584. The largest absolute Gasteiger partial charge is 0.317 e. The predicted molar refractivity (Wildman–Crippen MR) is 63.6 cm³/mol. The average molecular weight is 269 g/mol. The lowest BCUT2D eigenvalue weighted by atomic mass is 10.2. The number of amides is 1. The standard InChI is InChI=1S/C12H7ClF2N2O/c13-8-4-5-16-6-7(8)12(18)17-11-9(14)2-1-3-10(11)15/h1-6H,(H,17,18). The van der Waals surface area contributed by atoms with Crippen molar-refractivity contribution in [3.8, 4) is 0 Å². The fraction of sp³-hybridized carbons (Fsp3) is 0. The van der Waals surface area contributed by atoms with Crippen LogP contribution in [-0.2, 0) is 0 Å². The predicted octanol–water partition coefficient (Wildman–Crippen LogP) is 3.27. The van der Waals surface area contributed by atoms with E-state index in [-0.39, 0.29) is 10.6 Å². The zero-order chi connectivity index (χ0) is 13.1. The van der Waals surface area contributed by atoms with Gasteiger partial charge in [-0.3, -0.25) is 9.78 Å². The summed E-state index contributed by atoms with van der Waals surface area (Å²) in [5.74, 6) is -2.44. The molecule has 1 aromatic heterocycles. The molecule has 0 atom stereocenters. The van der Waals surface area contributed by atoms with Gasteiger partial charge in [-0.25, -0.2) is 8.78 Å². The average Bonchev–Trinajstić information content (AvgIpc) is 2.34. The van der Waals surface area contributed by atoms with Crippen molar-refractivity contribution in [2.45, 2.75) is 0 Å². The van der Waals surface area contributed by atoms with E-state index >= 15 is 0 Å². The van der Waals surface area contributed by atoms with Crippen molar-refractivity contribution in [3.63, 3.8) is 0 Å². The summed E-state index contributed by atoms with van der Waals surface area (Å²) < 4.78 is 26.6. The zero-order valence-corrected chi connectivity index (χ0v) is 9.71. The summed E-state index contributed by atoms with van der Waals surface area (Å²) in [4.78, 5) is 15.5. The van der Waals surface area contributed by atoms with Crippen LogP contribution in [0, 0.1) is 11.6 Å². The molecule has 2 rings (SSSR count). The molecule has 0 spiro atoms. The first-order valence-corrected chi connectivity index (χ1v) is 5.32. The quantitative estimate of drug-likeness (QED) is 0.908. The van der Waals surface area contributed by atoms with Gasteiger partial charge in [-0.15, -0.1) is 0 Å². The van der Waals surface area contributed by atoms with Gasteiger partial charge in [-0.1, -0.05) is 17.7 Å². The molecule has 92 valence electrons. The van der Waals surface area contributed by atoms with E-state index in [2.05, 4.69) is 10.3 Å². The SMILES string of the molecule is O=C(Nc1c(F)cccc1F)c1cnccc1Cl. The zero-order valence-electron chi connectivity index (χ0n) is 8.95. The Hall–Kier alpha value is -2.01. The molecular weight excluding hydrogens is 262 g/mol. The van der Waals surface area contributed by atoms with Gasteiger partial charge in [0.2, 0.25) is 0 Å². The maximum absolute atomic E-state index is 13.3. The van der Waals surface area contributed by atoms with Crippen LogP contribution in [0.1, 0.15) is 10.4 Å². The maximum atomic E-state index is 13.3. The number of hydrogen-bond donors (Lipinski definition) is 1. The summed E-state index contributed by atoms with van der Waals surface area (Å²) in [7, 11) is 0. The van der Waals surface area contributed by atoms with E-state index in [0.717, 1.165) is 12.1 Å². The fourth-order valence-electron chi connectivity index (χ4n) is 1.34. The van der Waals surface area contributed by atoms with Crippen LogP contribution in [0.2, 0.25) is 5.02 Å². The fourth-order valence-corrected chi connectivity index (χ4v) is 1.53. The number of rotatable bonds is 2. The molecule has 0 aliphatic carbocycles. The van der Waals surface area contributed by atoms with Crippen LogP contribution in [0.3, 0.4) is 0 Å². The number of nitrogens with one attached hydrogen (secondary N) is 1. The van der Waals surface area contributed by atoms with Gasteiger partial charge in [0.1, 0.15) is 17.3 Å². The number of para-hydroxylation sites is 1. The van der Waals surface area contributed by atoms with Gasteiger partial charge in [0.05, 0.1) is 10.6 Å². The molecule has 0 saturated heterocycles. The molecule has 0 unspecified atom stereocenters. The minimum Gasteiger partial charge on any atom is -0.317 e. The lowest BCUT2D eigenvalue weighted by molar-refractivity contribution is 0.102. The highest BCUT2D eigenvalue weighted by molar-refractivity contribution is 6.34. The summed E-state index contributed by atoms with van der Waals surface area (Å²) in [6, 6.07) is 4.71. The highest BCUT2D eigenvalue weighted by Gasteiger charge is 2.15. The normalized spacial score (nSPS) is 10.2. The van der Waals surface area contributed by atoms with Gasteiger partial charge >= 0.3 is 0 Å². The van der Waals surface area contributed by atoms with E-state index in [9.17, 15) is 13.6 Å². The number of carbonyl (C=O) groups is 1. The monoisotopic (exact) mass is 268 g/mol. The van der Waals surface area contributed by atoms with E-state index in [4.69, 9.17) is 11.6 Å². The summed E-state index contributed by atoms with van der Waals surface area (Å²) >= 11 is 5.78. The Balaban J connectivity index is 2.30. The topological polar surface area (TPSA) is 42.0 Å². The number of carbonyl (C=O) groups excluding carboxylic acids is 1. The molecule has 0 saturated carbocycles. The van der Waals surface area contributed by atoms with Crippen LogP contribution in [0.25, 0.3) is 0 Å². The van der Waals surface area contributed by atoms with Crippen LogP contribution in [0.4, 0.5) is 14.5 Å². The second kappa shape index (κ2) is 5.10. The van der Waals surface area contributed by atoms with E-state index < -0.39 is 23.2 Å². The summed E-state index contributed by atoms with van der Waals surface area (Å²) in [5.41, 5.74) is -0.468. The first-order chi connectivity index (χ1) is 8.59. The maximum Gasteiger partial charge on any atom is 0.258 e. The van der Waals surface area contributed by atoms with Gasteiger partial charge in [0, 0.05) is 12.4 Å². The molecule has 0 aliphatic rings. The molecule has 0 fully saturated rings. The molecule has 0 bridgehead atoms. The van der Waals surface area contributed by atoms with Crippen LogP contribution in [0.5, 0.6) is 0 Å². The van der Waals surface area contributed by atoms with Crippen LogP contribution in [0.15, 0.2) is 36.7 Å². The van der Waals surface area contributed by atoms with Crippen molar-refractivity contribution in [1.82, 2.24) is 4.98 Å². The lowest BCUT2D eigenvalue weighted by Crippen LogP contribution is -2.15. The number of halogens is 3. The van der Waals surface area contributed by atoms with Crippen LogP contribution >= 0.6 is 11.6 Å². The number of pyridine rings is 1. The molecular formula is C12H7ClF2N2O. The second-order valence-electron chi connectivity index (χ2n) is 3.41. The number of benzene rings is 1. The molecule has 6 heteroatoms. The van der Waals surface area contributed by atoms with Crippen molar-refractivity contribution in [3.05, 3.63) is 58.9 Å². The number of nitrogens with zero attached hydrogens (tertiary/aromatic N) is 1. The summed E-state index contributed by atoms with van der Waals surface area (Å²) in [6.45, 7) is 0. The Morgan fingerprint density at radius 1 is 1.22 bits per heavy atom.